The minimum Gasteiger partial charge on any atom is -0.469 e. The van der Waals surface area contributed by atoms with Crippen molar-refractivity contribution in [3.8, 4) is 0 Å². The third kappa shape index (κ3) is 6.51. The fraction of sp³-hybridized carbons (Fsp3) is 0.600. The van der Waals surface area contributed by atoms with Crippen LogP contribution in [0.3, 0.4) is 0 Å². The molecule has 30 heavy (non-hydrogen) atoms. The molecule has 0 aromatic heterocycles. The van der Waals surface area contributed by atoms with Crippen molar-refractivity contribution in [1.82, 2.24) is 0 Å². The van der Waals surface area contributed by atoms with Crippen molar-refractivity contribution < 1.29 is 24.5 Å². The van der Waals surface area contributed by atoms with Crippen LogP contribution in [0, 0.1) is 17.3 Å². The van der Waals surface area contributed by atoms with E-state index in [2.05, 4.69) is 4.74 Å². The van der Waals surface area contributed by atoms with Crippen LogP contribution in [0.2, 0.25) is 0 Å². The molecule has 1 aliphatic carbocycles. The highest BCUT2D eigenvalue weighted by atomic mass is 16.5. The van der Waals surface area contributed by atoms with Gasteiger partial charge in [-0.15, -0.1) is 0 Å². The minimum absolute atomic E-state index is 0.0942. The van der Waals surface area contributed by atoms with Gasteiger partial charge in [0.05, 0.1) is 19.3 Å². The quantitative estimate of drug-likeness (QED) is 0.325. The van der Waals surface area contributed by atoms with Crippen LogP contribution in [0.1, 0.15) is 57.9 Å². The second kappa shape index (κ2) is 11.4. The Labute approximate surface area is 180 Å². The first-order valence-corrected chi connectivity index (χ1v) is 10.9. The minimum atomic E-state index is -0.765. The topological polar surface area (TPSA) is 83.8 Å². The van der Waals surface area contributed by atoms with Gasteiger partial charge in [-0.1, -0.05) is 56.3 Å². The highest BCUT2D eigenvalue weighted by Crippen LogP contribution is 2.46. The lowest BCUT2D eigenvalue weighted by molar-refractivity contribution is -0.140. The van der Waals surface area contributed by atoms with E-state index in [1.807, 2.05) is 56.3 Å². The number of methoxy groups -OCH3 is 1. The van der Waals surface area contributed by atoms with Gasteiger partial charge in [0.1, 0.15) is 5.78 Å². The molecule has 1 saturated carbocycles. The Kier molecular flexibility index (Phi) is 9.25. The van der Waals surface area contributed by atoms with E-state index in [0.29, 0.717) is 38.5 Å². The third-order valence-electron chi connectivity index (χ3n) is 6.32. The number of esters is 1. The Bertz CT molecular complexity index is 710. The van der Waals surface area contributed by atoms with Crippen LogP contribution in [0.5, 0.6) is 0 Å². The summed E-state index contributed by atoms with van der Waals surface area (Å²) in [6.45, 7) is 3.63. The van der Waals surface area contributed by atoms with E-state index in [1.54, 1.807) is 0 Å². The van der Waals surface area contributed by atoms with Gasteiger partial charge in [0.15, 0.2) is 0 Å². The van der Waals surface area contributed by atoms with Crippen LogP contribution >= 0.6 is 0 Å². The molecule has 166 valence electrons. The number of unbranched alkanes of at least 4 members (excludes halogenated alkanes) is 1. The largest absolute Gasteiger partial charge is 0.469 e. The van der Waals surface area contributed by atoms with Crippen molar-refractivity contribution in [2.75, 3.05) is 7.11 Å². The van der Waals surface area contributed by atoms with Crippen LogP contribution in [0.25, 0.3) is 0 Å². The van der Waals surface area contributed by atoms with Gasteiger partial charge < -0.3 is 14.9 Å². The Morgan fingerprint density at radius 2 is 1.93 bits per heavy atom. The number of ketones is 1. The predicted octanol–water partition coefficient (Wildman–Crippen LogP) is 3.86. The van der Waals surface area contributed by atoms with Crippen molar-refractivity contribution in [2.24, 2.45) is 17.3 Å². The molecule has 4 atom stereocenters. The van der Waals surface area contributed by atoms with Crippen molar-refractivity contribution in [2.45, 2.75) is 71.0 Å². The van der Waals surface area contributed by atoms with Gasteiger partial charge in [-0.05, 0) is 50.0 Å². The summed E-state index contributed by atoms with van der Waals surface area (Å²) in [7, 11) is 1.38. The average Bonchev–Trinajstić information content (AvgIpc) is 2.89. The number of allylic oxidation sites excluding steroid dienone is 2. The summed E-state index contributed by atoms with van der Waals surface area (Å²) < 4.78 is 4.63. The molecule has 0 bridgehead atoms. The van der Waals surface area contributed by atoms with E-state index in [0.717, 1.165) is 12.0 Å². The van der Waals surface area contributed by atoms with Crippen molar-refractivity contribution in [1.29, 1.82) is 0 Å². The molecule has 5 nitrogen and oxygen atoms in total. The normalized spacial score (nSPS) is 24.3. The number of rotatable bonds is 11. The zero-order chi connectivity index (χ0) is 22.1. The lowest BCUT2D eigenvalue weighted by Crippen LogP contribution is -2.32. The summed E-state index contributed by atoms with van der Waals surface area (Å²) in [6, 6.07) is 9.85. The number of hydrogen-bond acceptors (Lipinski definition) is 5. The molecule has 5 heteroatoms. The summed E-state index contributed by atoms with van der Waals surface area (Å²) in [4.78, 5) is 24.1. The number of carbonyl (C=O) groups excluding carboxylic acids is 2. The van der Waals surface area contributed by atoms with Crippen LogP contribution in [0.4, 0.5) is 0 Å². The Balaban J connectivity index is 1.90. The van der Waals surface area contributed by atoms with E-state index in [4.69, 9.17) is 0 Å². The first-order valence-electron chi connectivity index (χ1n) is 10.9. The Hall–Kier alpha value is -1.98. The van der Waals surface area contributed by atoms with Gasteiger partial charge in [-0.2, -0.15) is 0 Å². The number of ether oxygens (including phenoxy) is 1. The molecular formula is C25H36O5. The fourth-order valence-corrected chi connectivity index (χ4v) is 4.41. The number of benzene rings is 1. The molecule has 1 fully saturated rings. The average molecular weight is 417 g/mol. The SMILES string of the molecule is COC(=O)CCCC=CCC1C(=O)C(C)(C)C(O)C1CCC(O)Cc1ccccc1. The van der Waals surface area contributed by atoms with Gasteiger partial charge in [0.25, 0.3) is 0 Å². The molecular weight excluding hydrogens is 380 g/mol. The molecule has 0 aliphatic heterocycles. The van der Waals surface area contributed by atoms with E-state index in [1.165, 1.54) is 7.11 Å². The Morgan fingerprint density at radius 3 is 2.60 bits per heavy atom. The van der Waals surface area contributed by atoms with Crippen LogP contribution in [-0.4, -0.2) is 41.3 Å². The summed E-state index contributed by atoms with van der Waals surface area (Å²) in [5.41, 5.74) is 0.318. The number of carbonyl (C=O) groups is 2. The van der Waals surface area contributed by atoms with Crippen molar-refractivity contribution >= 4 is 11.8 Å². The number of aliphatic hydroxyl groups is 2. The molecule has 0 amide bonds. The molecule has 0 heterocycles. The molecule has 2 N–H and O–H groups in total. The molecule has 0 saturated heterocycles. The molecule has 1 aromatic carbocycles. The first-order chi connectivity index (χ1) is 14.3. The standard InChI is InChI=1S/C25H36O5/c1-25(2)23(28)20(13-9-4-5-10-14-22(27)30-3)21(24(25)29)16-15-19(26)17-18-11-7-6-8-12-18/h4,6-9,11-12,19-21,24,26,29H,5,10,13-17H2,1-3H3. The summed E-state index contributed by atoms with van der Waals surface area (Å²) in [6.07, 6.45) is 6.97. The van der Waals surface area contributed by atoms with E-state index < -0.39 is 17.6 Å². The first kappa shape index (κ1) is 24.3. The maximum Gasteiger partial charge on any atom is 0.305 e. The van der Waals surface area contributed by atoms with Gasteiger partial charge in [-0.25, -0.2) is 0 Å². The van der Waals surface area contributed by atoms with Gasteiger partial charge in [0, 0.05) is 17.8 Å². The molecule has 0 spiro atoms. The van der Waals surface area contributed by atoms with Gasteiger partial charge in [-0.3, -0.25) is 9.59 Å². The zero-order valence-electron chi connectivity index (χ0n) is 18.4. The summed E-state index contributed by atoms with van der Waals surface area (Å²) in [5, 5.41) is 21.3. The number of aliphatic hydroxyl groups excluding tert-OH is 2. The van der Waals surface area contributed by atoms with Gasteiger partial charge in [0.2, 0.25) is 0 Å². The van der Waals surface area contributed by atoms with Gasteiger partial charge >= 0.3 is 5.97 Å². The highest BCUT2D eigenvalue weighted by molar-refractivity contribution is 5.90. The number of hydrogen-bond donors (Lipinski definition) is 2. The Morgan fingerprint density at radius 1 is 1.23 bits per heavy atom. The smallest absolute Gasteiger partial charge is 0.305 e. The van der Waals surface area contributed by atoms with Crippen LogP contribution in [-0.2, 0) is 20.7 Å². The van der Waals surface area contributed by atoms with E-state index >= 15 is 0 Å². The van der Waals surface area contributed by atoms with E-state index in [9.17, 15) is 19.8 Å². The summed E-state index contributed by atoms with van der Waals surface area (Å²) >= 11 is 0. The van der Waals surface area contributed by atoms with Crippen LogP contribution < -0.4 is 0 Å². The van der Waals surface area contributed by atoms with Crippen LogP contribution in [0.15, 0.2) is 42.5 Å². The highest BCUT2D eigenvalue weighted by Gasteiger charge is 2.53. The summed E-state index contributed by atoms with van der Waals surface area (Å²) in [5.74, 6) is -0.515. The third-order valence-corrected chi connectivity index (χ3v) is 6.32. The lowest BCUT2D eigenvalue weighted by atomic mass is 9.84. The molecule has 2 rings (SSSR count). The fourth-order valence-electron chi connectivity index (χ4n) is 4.41. The molecule has 1 aliphatic rings. The lowest BCUT2D eigenvalue weighted by Gasteiger charge is -2.25. The monoisotopic (exact) mass is 416 g/mol. The predicted molar refractivity (Wildman–Crippen MR) is 117 cm³/mol. The maximum absolute atomic E-state index is 12.9. The van der Waals surface area contributed by atoms with E-state index in [-0.39, 0.29) is 23.6 Å². The van der Waals surface area contributed by atoms with Crippen molar-refractivity contribution in [3.05, 3.63) is 48.0 Å². The molecule has 0 radical (unpaired) electrons. The zero-order valence-corrected chi connectivity index (χ0v) is 18.4. The van der Waals surface area contributed by atoms with Crippen molar-refractivity contribution in [3.63, 3.8) is 0 Å². The molecule has 4 unspecified atom stereocenters. The molecule has 1 aromatic rings. The maximum atomic E-state index is 12.9. The second-order valence-corrected chi connectivity index (χ2v) is 8.90. The number of Topliss-reactive ketones (excluding diaryl/α,β-unsaturated/α-hetero) is 1. The second-order valence-electron chi connectivity index (χ2n) is 8.90.